The third-order valence-electron chi connectivity index (χ3n) is 6.49. The van der Waals surface area contributed by atoms with Gasteiger partial charge in [-0.2, -0.15) is 0 Å². The van der Waals surface area contributed by atoms with Gasteiger partial charge in [-0.25, -0.2) is 12.7 Å². The van der Waals surface area contributed by atoms with E-state index in [9.17, 15) is 22.8 Å². The number of rotatable bonds is 2. The van der Waals surface area contributed by atoms with Gasteiger partial charge in [0.1, 0.15) is 12.1 Å². The van der Waals surface area contributed by atoms with Gasteiger partial charge in [0.25, 0.3) is 5.91 Å². The number of fused-ring (bicyclic) bond motifs is 2. The Labute approximate surface area is 177 Å². The van der Waals surface area contributed by atoms with E-state index >= 15 is 0 Å². The van der Waals surface area contributed by atoms with Crippen molar-refractivity contribution in [3.05, 3.63) is 12.2 Å². The van der Waals surface area contributed by atoms with Crippen LogP contribution in [-0.4, -0.2) is 71.3 Å². The Kier molecular flexibility index (Phi) is 5.89. The molecule has 3 N–H and O–H groups in total. The molecule has 0 aromatic carbocycles. The molecule has 0 bridgehead atoms. The molecule has 3 aliphatic heterocycles. The largest absolute Gasteiger partial charge is 0.340 e. The molecule has 166 valence electrons. The number of allylic oxidation sites excluding steroid dienone is 1. The van der Waals surface area contributed by atoms with Gasteiger partial charge >= 0.3 is 0 Å². The Morgan fingerprint density at radius 2 is 1.73 bits per heavy atom. The van der Waals surface area contributed by atoms with Gasteiger partial charge in [-0.05, 0) is 44.9 Å². The van der Waals surface area contributed by atoms with E-state index in [0.29, 0.717) is 38.6 Å². The predicted octanol–water partition coefficient (Wildman–Crippen LogP) is 0.0128. The van der Waals surface area contributed by atoms with Crippen LogP contribution in [0.4, 0.5) is 0 Å². The van der Waals surface area contributed by atoms with Gasteiger partial charge in [-0.3, -0.25) is 14.4 Å². The summed E-state index contributed by atoms with van der Waals surface area (Å²) in [4.78, 5) is 39.9. The molecule has 1 saturated carbocycles. The van der Waals surface area contributed by atoms with E-state index in [2.05, 4.69) is 5.32 Å². The molecular formula is C20H30N4O5S. The first-order chi connectivity index (χ1) is 14.3. The summed E-state index contributed by atoms with van der Waals surface area (Å²) in [7, 11) is -3.68. The molecule has 0 spiro atoms. The van der Waals surface area contributed by atoms with Gasteiger partial charge in [0, 0.05) is 6.54 Å². The lowest BCUT2D eigenvalue weighted by molar-refractivity contribution is -0.146. The SMILES string of the molecule is N[C@@H]1CCCCC/C=C\[C@H]2C(NC(=O)[C@@H]3CCCN3C1=O)C(=O)N2S(=O)(=O)C1CC1. The number of hydrogen-bond donors (Lipinski definition) is 2. The molecule has 9 nitrogen and oxygen atoms in total. The molecule has 1 unspecified atom stereocenters. The molecule has 3 heterocycles. The minimum absolute atomic E-state index is 0.227. The summed E-state index contributed by atoms with van der Waals surface area (Å²) in [5, 5.41) is 2.23. The fourth-order valence-corrected chi connectivity index (χ4v) is 6.52. The Bertz CT molecular complexity index is 853. The van der Waals surface area contributed by atoms with Gasteiger partial charge in [0.05, 0.1) is 17.3 Å². The Balaban J connectivity index is 1.56. The molecular weight excluding hydrogens is 408 g/mol. The topological polar surface area (TPSA) is 130 Å². The van der Waals surface area contributed by atoms with Crippen molar-refractivity contribution in [1.82, 2.24) is 14.5 Å². The van der Waals surface area contributed by atoms with Gasteiger partial charge in [-0.15, -0.1) is 0 Å². The number of β-lactam (4-membered cyclic amide) rings is 1. The van der Waals surface area contributed by atoms with E-state index < -0.39 is 51.3 Å². The number of carbonyl (C=O) groups excluding carboxylic acids is 3. The maximum atomic E-state index is 12.9. The quantitative estimate of drug-likeness (QED) is 0.462. The molecule has 2 saturated heterocycles. The molecule has 3 amide bonds. The summed E-state index contributed by atoms with van der Waals surface area (Å²) in [5.74, 6) is -1.24. The standard InChI is InChI=1S/C20H30N4O5S/c21-14-7-4-2-1-3-5-8-15-17(20(27)24(15)30(28,29)13-10-11-13)22-18(25)16-9-6-12-23(16)19(14)26/h5,8,13-17H,1-4,6-7,9-12,21H2,(H,22,25)/b8-5-/t14-,15+,16+,17?/m1/s1. The summed E-state index contributed by atoms with van der Waals surface area (Å²) < 4.78 is 26.3. The highest BCUT2D eigenvalue weighted by Crippen LogP contribution is 2.37. The van der Waals surface area contributed by atoms with Crippen molar-refractivity contribution in [3.8, 4) is 0 Å². The van der Waals surface area contributed by atoms with Gasteiger partial charge in [0.2, 0.25) is 21.8 Å². The summed E-state index contributed by atoms with van der Waals surface area (Å²) in [6.45, 7) is 0.467. The Hall–Kier alpha value is -1.94. The van der Waals surface area contributed by atoms with Crippen LogP contribution in [0.1, 0.15) is 57.8 Å². The molecule has 0 aromatic rings. The monoisotopic (exact) mass is 438 g/mol. The third kappa shape index (κ3) is 3.87. The first-order valence-corrected chi connectivity index (χ1v) is 12.4. The molecule has 4 atom stereocenters. The van der Waals surface area contributed by atoms with Crippen LogP contribution in [0, 0.1) is 0 Å². The highest BCUT2D eigenvalue weighted by atomic mass is 32.2. The number of carbonyl (C=O) groups is 3. The van der Waals surface area contributed by atoms with Crippen LogP contribution in [0.25, 0.3) is 0 Å². The Morgan fingerprint density at radius 1 is 0.967 bits per heavy atom. The molecule has 0 radical (unpaired) electrons. The zero-order valence-corrected chi connectivity index (χ0v) is 17.9. The lowest BCUT2D eigenvalue weighted by Gasteiger charge is -2.45. The minimum atomic E-state index is -3.68. The van der Waals surface area contributed by atoms with Crippen LogP contribution in [0.2, 0.25) is 0 Å². The number of amides is 3. The van der Waals surface area contributed by atoms with Gasteiger partial charge < -0.3 is 16.0 Å². The molecule has 30 heavy (non-hydrogen) atoms. The maximum absolute atomic E-state index is 12.9. The van der Waals surface area contributed by atoms with Crippen LogP contribution in [0.15, 0.2) is 12.2 Å². The normalized spacial score (nSPS) is 34.9. The molecule has 0 aromatic heterocycles. The smallest absolute Gasteiger partial charge is 0.261 e. The lowest BCUT2D eigenvalue weighted by atomic mass is 9.97. The maximum Gasteiger partial charge on any atom is 0.261 e. The van der Waals surface area contributed by atoms with Crippen LogP contribution >= 0.6 is 0 Å². The zero-order valence-electron chi connectivity index (χ0n) is 17.0. The van der Waals surface area contributed by atoms with E-state index in [1.165, 1.54) is 4.90 Å². The second kappa shape index (κ2) is 8.30. The Morgan fingerprint density at radius 3 is 2.47 bits per heavy atom. The van der Waals surface area contributed by atoms with Crippen LogP contribution in [0.3, 0.4) is 0 Å². The summed E-state index contributed by atoms with van der Waals surface area (Å²) in [5.41, 5.74) is 6.08. The number of nitrogens with two attached hydrogens (primary N) is 1. The van der Waals surface area contributed by atoms with Crippen LogP contribution in [-0.2, 0) is 24.4 Å². The summed E-state index contributed by atoms with van der Waals surface area (Å²) in [6.07, 6.45) is 9.88. The average Bonchev–Trinajstić information content (AvgIpc) is 3.46. The highest BCUT2D eigenvalue weighted by molar-refractivity contribution is 7.90. The second-order valence-corrected chi connectivity index (χ2v) is 10.8. The predicted molar refractivity (Wildman–Crippen MR) is 109 cm³/mol. The molecule has 10 heteroatoms. The fraction of sp³-hybridized carbons (Fsp3) is 0.750. The molecule has 4 aliphatic rings. The summed E-state index contributed by atoms with van der Waals surface area (Å²) >= 11 is 0. The molecule has 3 fully saturated rings. The van der Waals surface area contributed by atoms with Gasteiger partial charge in [0.15, 0.2) is 0 Å². The van der Waals surface area contributed by atoms with E-state index in [1.54, 1.807) is 6.08 Å². The fourth-order valence-electron chi connectivity index (χ4n) is 4.57. The van der Waals surface area contributed by atoms with Crippen molar-refractivity contribution in [1.29, 1.82) is 0 Å². The lowest BCUT2D eigenvalue weighted by Crippen LogP contribution is -2.72. The number of nitrogens with one attached hydrogen (secondary N) is 1. The zero-order chi connectivity index (χ0) is 21.5. The van der Waals surface area contributed by atoms with Crippen LogP contribution in [0.5, 0.6) is 0 Å². The van der Waals surface area contributed by atoms with Crippen molar-refractivity contribution in [2.75, 3.05) is 6.54 Å². The third-order valence-corrected chi connectivity index (χ3v) is 8.77. The van der Waals surface area contributed by atoms with Crippen LogP contribution < -0.4 is 11.1 Å². The number of sulfonamides is 1. The molecule has 1 aliphatic carbocycles. The van der Waals surface area contributed by atoms with E-state index in [4.69, 9.17) is 5.73 Å². The average molecular weight is 439 g/mol. The highest BCUT2D eigenvalue weighted by Gasteiger charge is 2.57. The second-order valence-electron chi connectivity index (χ2n) is 8.72. The molecule has 4 rings (SSSR count). The van der Waals surface area contributed by atoms with Crippen molar-refractivity contribution >= 4 is 27.7 Å². The number of nitrogens with zero attached hydrogens (tertiary/aromatic N) is 2. The first-order valence-electron chi connectivity index (χ1n) is 10.9. The number of hydrogen-bond acceptors (Lipinski definition) is 6. The van der Waals surface area contributed by atoms with E-state index in [1.807, 2.05) is 6.08 Å². The van der Waals surface area contributed by atoms with Crippen molar-refractivity contribution in [2.45, 2.75) is 87.2 Å². The minimum Gasteiger partial charge on any atom is -0.340 e. The van der Waals surface area contributed by atoms with Gasteiger partial charge in [-0.1, -0.05) is 25.0 Å². The van der Waals surface area contributed by atoms with E-state index in [-0.39, 0.29) is 5.91 Å². The van der Waals surface area contributed by atoms with Crippen molar-refractivity contribution in [2.24, 2.45) is 5.73 Å². The summed E-state index contributed by atoms with van der Waals surface area (Å²) in [6, 6.07) is -2.92. The first kappa shape index (κ1) is 21.3. The van der Waals surface area contributed by atoms with E-state index in [0.717, 1.165) is 30.0 Å². The van der Waals surface area contributed by atoms with Crippen molar-refractivity contribution < 1.29 is 22.8 Å². The van der Waals surface area contributed by atoms with Crippen molar-refractivity contribution in [3.63, 3.8) is 0 Å².